The molecule has 1 N–H and O–H groups in total. The van der Waals surface area contributed by atoms with Gasteiger partial charge in [-0.05, 0) is 24.3 Å². The van der Waals surface area contributed by atoms with E-state index in [1.807, 2.05) is 4.90 Å². The van der Waals surface area contributed by atoms with Crippen LogP contribution in [-0.4, -0.2) is 26.2 Å². The van der Waals surface area contributed by atoms with Crippen LogP contribution in [0.25, 0.3) is 0 Å². The fraction of sp³-hybridized carbons (Fsp3) is 0.368. The summed E-state index contributed by atoms with van der Waals surface area (Å²) >= 11 is 0. The number of alkyl halides is 6. The summed E-state index contributed by atoms with van der Waals surface area (Å²) in [5.41, 5.74) is -0.598. The molecule has 27 heavy (non-hydrogen) atoms. The number of anilines is 1. The Morgan fingerprint density at radius 2 is 1.48 bits per heavy atom. The van der Waals surface area contributed by atoms with Crippen molar-refractivity contribution in [3.8, 4) is 0 Å². The molecule has 1 aliphatic rings. The van der Waals surface area contributed by atoms with Crippen LogP contribution in [0.3, 0.4) is 0 Å². The van der Waals surface area contributed by atoms with E-state index in [1.54, 1.807) is 12.1 Å². The van der Waals surface area contributed by atoms with Crippen LogP contribution in [0.1, 0.15) is 16.7 Å². The number of rotatable bonds is 3. The van der Waals surface area contributed by atoms with Crippen molar-refractivity contribution in [1.82, 2.24) is 0 Å². The molecule has 2 aromatic carbocycles. The monoisotopic (exact) mass is 389 g/mol. The number of benzene rings is 2. The average molecular weight is 389 g/mol. The van der Waals surface area contributed by atoms with E-state index >= 15 is 0 Å². The topological polar surface area (TPSA) is 7.68 Å². The molecule has 3 rings (SSSR count). The summed E-state index contributed by atoms with van der Waals surface area (Å²) in [4.78, 5) is 2.82. The Bertz CT molecular complexity index is 776. The summed E-state index contributed by atoms with van der Waals surface area (Å²) in [6, 6.07) is 10.7. The zero-order chi connectivity index (χ0) is 19.7. The smallest absolute Gasteiger partial charge is 0.360 e. The van der Waals surface area contributed by atoms with Crippen LogP contribution in [0.15, 0.2) is 48.5 Å². The van der Waals surface area contributed by atoms with Gasteiger partial charge in [-0.2, -0.15) is 26.3 Å². The summed E-state index contributed by atoms with van der Waals surface area (Å²) in [7, 11) is 0. The lowest BCUT2D eigenvalue weighted by Crippen LogP contribution is -3.13. The SMILES string of the molecule is FC(F)(F)c1cccc(N2CC[NH+](Cc3ccccc3C(F)(F)F)CC2)c1. The molecule has 0 aromatic heterocycles. The predicted octanol–water partition coefficient (Wildman–Crippen LogP) is 3.63. The molecule has 1 fully saturated rings. The third kappa shape index (κ3) is 4.74. The second kappa shape index (κ2) is 7.42. The van der Waals surface area contributed by atoms with Gasteiger partial charge in [0.2, 0.25) is 0 Å². The van der Waals surface area contributed by atoms with E-state index in [4.69, 9.17) is 0 Å². The van der Waals surface area contributed by atoms with E-state index in [-0.39, 0.29) is 12.1 Å². The lowest BCUT2D eigenvalue weighted by Gasteiger charge is -2.34. The van der Waals surface area contributed by atoms with Crippen molar-refractivity contribution >= 4 is 5.69 Å². The maximum absolute atomic E-state index is 13.1. The maximum Gasteiger partial charge on any atom is 0.416 e. The normalized spacial score (nSPS) is 16.6. The molecular weight excluding hydrogens is 370 g/mol. The largest absolute Gasteiger partial charge is 0.416 e. The predicted molar refractivity (Wildman–Crippen MR) is 89.5 cm³/mol. The Labute approximate surface area is 153 Å². The third-order valence-corrected chi connectivity index (χ3v) is 4.77. The number of piperazine rings is 1. The highest BCUT2D eigenvalue weighted by atomic mass is 19.4. The molecule has 0 radical (unpaired) electrons. The van der Waals surface area contributed by atoms with Crippen molar-refractivity contribution in [2.75, 3.05) is 31.1 Å². The molecule has 0 spiro atoms. The maximum atomic E-state index is 13.1. The molecule has 8 heteroatoms. The molecule has 1 aliphatic heterocycles. The Balaban J connectivity index is 1.65. The van der Waals surface area contributed by atoms with E-state index in [2.05, 4.69) is 0 Å². The van der Waals surface area contributed by atoms with Gasteiger partial charge in [0.25, 0.3) is 0 Å². The van der Waals surface area contributed by atoms with Crippen molar-refractivity contribution in [3.63, 3.8) is 0 Å². The molecule has 0 unspecified atom stereocenters. The van der Waals surface area contributed by atoms with Crippen molar-refractivity contribution in [3.05, 3.63) is 65.2 Å². The molecule has 0 saturated carbocycles. The average Bonchev–Trinajstić information content (AvgIpc) is 2.61. The molecule has 146 valence electrons. The highest BCUT2D eigenvalue weighted by molar-refractivity contribution is 5.49. The van der Waals surface area contributed by atoms with Crippen LogP contribution < -0.4 is 9.80 Å². The molecule has 0 bridgehead atoms. The van der Waals surface area contributed by atoms with Crippen LogP contribution in [-0.2, 0) is 18.9 Å². The van der Waals surface area contributed by atoms with Gasteiger partial charge in [0.05, 0.1) is 37.3 Å². The van der Waals surface area contributed by atoms with Crippen LogP contribution in [0, 0.1) is 0 Å². The first-order valence-electron chi connectivity index (χ1n) is 8.55. The minimum Gasteiger partial charge on any atom is -0.360 e. The summed E-state index contributed by atoms with van der Waals surface area (Å²) in [6.45, 7) is 2.34. The van der Waals surface area contributed by atoms with Gasteiger partial charge < -0.3 is 9.80 Å². The van der Waals surface area contributed by atoms with Gasteiger partial charge in [-0.1, -0.05) is 24.3 Å². The lowest BCUT2D eigenvalue weighted by atomic mass is 10.1. The molecule has 0 aliphatic carbocycles. The van der Waals surface area contributed by atoms with E-state index in [1.165, 1.54) is 18.2 Å². The molecular formula is C19H19F6N2+. The Morgan fingerprint density at radius 3 is 2.11 bits per heavy atom. The van der Waals surface area contributed by atoms with Gasteiger partial charge in [0.15, 0.2) is 0 Å². The number of hydrogen-bond donors (Lipinski definition) is 1. The van der Waals surface area contributed by atoms with E-state index in [0.717, 1.165) is 23.1 Å². The fourth-order valence-electron chi connectivity index (χ4n) is 3.36. The summed E-state index contributed by atoms with van der Waals surface area (Å²) in [5, 5.41) is 0. The second-order valence-electron chi connectivity index (χ2n) is 6.62. The van der Waals surface area contributed by atoms with Gasteiger partial charge in [0, 0.05) is 11.3 Å². The minimum absolute atomic E-state index is 0.242. The van der Waals surface area contributed by atoms with Crippen molar-refractivity contribution < 1.29 is 31.2 Å². The molecule has 1 heterocycles. The van der Waals surface area contributed by atoms with Crippen LogP contribution >= 0.6 is 0 Å². The van der Waals surface area contributed by atoms with E-state index < -0.39 is 23.5 Å². The molecule has 0 atom stereocenters. The quantitative estimate of drug-likeness (QED) is 0.788. The van der Waals surface area contributed by atoms with Gasteiger partial charge in [0.1, 0.15) is 6.54 Å². The molecule has 0 amide bonds. The summed E-state index contributed by atoms with van der Waals surface area (Å²) < 4.78 is 77.9. The first-order valence-corrected chi connectivity index (χ1v) is 8.55. The highest BCUT2D eigenvalue weighted by Gasteiger charge is 2.34. The number of quaternary nitrogens is 1. The van der Waals surface area contributed by atoms with Gasteiger partial charge in [-0.3, -0.25) is 0 Å². The first kappa shape index (κ1) is 19.5. The zero-order valence-corrected chi connectivity index (χ0v) is 14.4. The molecule has 2 nitrogen and oxygen atoms in total. The lowest BCUT2D eigenvalue weighted by molar-refractivity contribution is -0.914. The minimum atomic E-state index is -4.40. The fourth-order valence-corrected chi connectivity index (χ4v) is 3.36. The molecule has 2 aromatic rings. The first-order chi connectivity index (χ1) is 12.6. The van der Waals surface area contributed by atoms with E-state index in [0.29, 0.717) is 31.9 Å². The number of hydrogen-bond acceptors (Lipinski definition) is 1. The highest BCUT2D eigenvalue weighted by Crippen LogP contribution is 2.32. The standard InChI is InChI=1S/C19H18F6N2/c20-18(21,22)15-5-3-6-16(12-15)27-10-8-26(9-11-27)13-14-4-1-2-7-17(14)19(23,24)25/h1-7,12H,8-11,13H2/p+1. The molecule has 1 saturated heterocycles. The number of halogens is 6. The van der Waals surface area contributed by atoms with Crippen LogP contribution in [0.2, 0.25) is 0 Å². The van der Waals surface area contributed by atoms with Crippen LogP contribution in [0.5, 0.6) is 0 Å². The van der Waals surface area contributed by atoms with Gasteiger partial charge in [-0.25, -0.2) is 0 Å². The van der Waals surface area contributed by atoms with Crippen molar-refractivity contribution in [2.24, 2.45) is 0 Å². The Morgan fingerprint density at radius 1 is 0.815 bits per heavy atom. The van der Waals surface area contributed by atoms with Gasteiger partial charge in [-0.15, -0.1) is 0 Å². The zero-order valence-electron chi connectivity index (χ0n) is 14.4. The third-order valence-electron chi connectivity index (χ3n) is 4.77. The second-order valence-corrected chi connectivity index (χ2v) is 6.62. The number of nitrogens with zero attached hydrogens (tertiary/aromatic N) is 1. The number of nitrogens with one attached hydrogen (secondary N) is 1. The summed E-state index contributed by atoms with van der Waals surface area (Å²) in [5.74, 6) is 0. The Kier molecular flexibility index (Phi) is 5.37. The van der Waals surface area contributed by atoms with E-state index in [9.17, 15) is 26.3 Å². The van der Waals surface area contributed by atoms with Crippen LogP contribution in [0.4, 0.5) is 32.0 Å². The summed E-state index contributed by atoms with van der Waals surface area (Å²) in [6.07, 6.45) is -8.79. The van der Waals surface area contributed by atoms with Gasteiger partial charge >= 0.3 is 12.4 Å². The van der Waals surface area contributed by atoms with Crippen molar-refractivity contribution in [2.45, 2.75) is 18.9 Å². The van der Waals surface area contributed by atoms with Crippen molar-refractivity contribution in [1.29, 1.82) is 0 Å². The Hall–Kier alpha value is -2.22.